The second-order valence-electron chi connectivity index (χ2n) is 5.37. The van der Waals surface area contributed by atoms with E-state index in [-0.39, 0.29) is 11.3 Å². The minimum Gasteiger partial charge on any atom is -0.378 e. The van der Waals surface area contributed by atoms with Crippen molar-refractivity contribution in [3.8, 4) is 0 Å². The van der Waals surface area contributed by atoms with Crippen LogP contribution in [0.15, 0.2) is 0 Å². The van der Waals surface area contributed by atoms with Gasteiger partial charge in [-0.2, -0.15) is 0 Å². The van der Waals surface area contributed by atoms with Crippen LogP contribution in [0.3, 0.4) is 0 Å². The monoisotopic (exact) mass is 199 g/mol. The molecule has 0 aliphatic carbocycles. The summed E-state index contributed by atoms with van der Waals surface area (Å²) in [6.45, 7) is 8.19. The maximum absolute atomic E-state index is 5.83. The molecule has 0 aromatic carbocycles. The van der Waals surface area contributed by atoms with Crippen LogP contribution in [-0.4, -0.2) is 30.6 Å². The van der Waals surface area contributed by atoms with Gasteiger partial charge in [0.25, 0.3) is 0 Å². The molecule has 0 aromatic heterocycles. The Morgan fingerprint density at radius 2 is 2.14 bits per heavy atom. The van der Waals surface area contributed by atoms with Gasteiger partial charge in [0.1, 0.15) is 5.72 Å². The summed E-state index contributed by atoms with van der Waals surface area (Å²) in [5.41, 5.74) is -0.0775. The Bertz CT molecular complexity index is 211. The molecule has 2 atom stereocenters. The first-order chi connectivity index (χ1) is 6.49. The molecule has 0 amide bonds. The lowest BCUT2D eigenvalue weighted by molar-refractivity contribution is -0.0386. The van der Waals surface area contributed by atoms with Gasteiger partial charge in [-0.25, -0.2) is 0 Å². The summed E-state index contributed by atoms with van der Waals surface area (Å²) in [6, 6.07) is 0. The van der Waals surface area contributed by atoms with Crippen molar-refractivity contribution in [2.75, 3.05) is 13.2 Å². The van der Waals surface area contributed by atoms with Crippen LogP contribution in [0.5, 0.6) is 0 Å². The molecule has 82 valence electrons. The van der Waals surface area contributed by atoms with Crippen LogP contribution in [0.25, 0.3) is 0 Å². The Hall–Kier alpha value is -0.120. The third-order valence-corrected chi connectivity index (χ3v) is 3.00. The highest BCUT2D eigenvalue weighted by atomic mass is 16.5. The predicted molar refractivity (Wildman–Crippen MR) is 55.2 cm³/mol. The van der Waals surface area contributed by atoms with Crippen molar-refractivity contribution in [1.82, 2.24) is 5.32 Å². The SMILES string of the molecule is CC1(C)COC(C)(CC2CCCO2)N1. The third-order valence-electron chi connectivity index (χ3n) is 3.00. The first-order valence-corrected chi connectivity index (χ1v) is 5.54. The zero-order valence-corrected chi connectivity index (χ0v) is 9.43. The van der Waals surface area contributed by atoms with Crippen LogP contribution < -0.4 is 5.32 Å². The summed E-state index contributed by atoms with van der Waals surface area (Å²) >= 11 is 0. The Kier molecular flexibility index (Phi) is 2.58. The molecule has 0 spiro atoms. The Balaban J connectivity index is 1.90. The quantitative estimate of drug-likeness (QED) is 0.734. The Morgan fingerprint density at radius 3 is 2.64 bits per heavy atom. The van der Waals surface area contributed by atoms with Crippen LogP contribution in [0.1, 0.15) is 40.0 Å². The molecule has 3 heteroatoms. The van der Waals surface area contributed by atoms with Gasteiger partial charge in [0, 0.05) is 18.6 Å². The van der Waals surface area contributed by atoms with Gasteiger partial charge >= 0.3 is 0 Å². The van der Waals surface area contributed by atoms with Crippen molar-refractivity contribution >= 4 is 0 Å². The number of hydrogen-bond donors (Lipinski definition) is 1. The summed E-state index contributed by atoms with van der Waals surface area (Å²) < 4.78 is 11.5. The van der Waals surface area contributed by atoms with Crippen LogP contribution in [0.2, 0.25) is 0 Å². The minimum absolute atomic E-state index is 0.105. The molecule has 0 aromatic rings. The highest BCUT2D eigenvalue weighted by molar-refractivity contribution is 4.93. The fourth-order valence-electron chi connectivity index (χ4n) is 2.48. The lowest BCUT2D eigenvalue weighted by atomic mass is 10.0. The largest absolute Gasteiger partial charge is 0.378 e. The van der Waals surface area contributed by atoms with Crippen molar-refractivity contribution in [1.29, 1.82) is 0 Å². The highest BCUT2D eigenvalue weighted by Gasteiger charge is 2.41. The summed E-state index contributed by atoms with van der Waals surface area (Å²) in [6.07, 6.45) is 3.74. The molecular formula is C11H21NO2. The summed E-state index contributed by atoms with van der Waals surface area (Å²) in [4.78, 5) is 0. The summed E-state index contributed by atoms with van der Waals surface area (Å²) in [5.74, 6) is 0. The fourth-order valence-corrected chi connectivity index (χ4v) is 2.48. The normalized spacial score (nSPS) is 41.8. The number of hydrogen-bond acceptors (Lipinski definition) is 3. The second-order valence-corrected chi connectivity index (χ2v) is 5.37. The van der Waals surface area contributed by atoms with Gasteiger partial charge in [0.15, 0.2) is 0 Å². The molecule has 3 nitrogen and oxygen atoms in total. The van der Waals surface area contributed by atoms with E-state index in [0.717, 1.165) is 19.6 Å². The number of ether oxygens (including phenoxy) is 2. The first-order valence-electron chi connectivity index (χ1n) is 5.54. The van der Waals surface area contributed by atoms with Gasteiger partial charge in [-0.1, -0.05) is 0 Å². The lowest BCUT2D eigenvalue weighted by Crippen LogP contribution is -2.48. The number of rotatable bonds is 2. The smallest absolute Gasteiger partial charge is 0.119 e. The molecule has 2 fully saturated rings. The molecule has 1 N–H and O–H groups in total. The second kappa shape index (κ2) is 3.47. The van der Waals surface area contributed by atoms with Crippen molar-refractivity contribution < 1.29 is 9.47 Å². The van der Waals surface area contributed by atoms with Crippen molar-refractivity contribution in [2.24, 2.45) is 0 Å². The lowest BCUT2D eigenvalue weighted by Gasteiger charge is -2.28. The Morgan fingerprint density at radius 1 is 1.36 bits per heavy atom. The summed E-state index contributed by atoms with van der Waals surface area (Å²) in [5, 5.41) is 3.53. The zero-order chi connectivity index (χ0) is 10.2. The van der Waals surface area contributed by atoms with Gasteiger partial charge in [-0.15, -0.1) is 0 Å². The predicted octanol–water partition coefficient (Wildman–Crippen LogP) is 1.67. The third kappa shape index (κ3) is 2.27. The van der Waals surface area contributed by atoms with E-state index in [1.54, 1.807) is 0 Å². The van der Waals surface area contributed by atoms with E-state index >= 15 is 0 Å². The zero-order valence-electron chi connectivity index (χ0n) is 9.43. The molecule has 2 unspecified atom stereocenters. The van der Waals surface area contributed by atoms with E-state index in [9.17, 15) is 0 Å². The topological polar surface area (TPSA) is 30.5 Å². The van der Waals surface area contributed by atoms with E-state index in [0.29, 0.717) is 6.10 Å². The van der Waals surface area contributed by atoms with E-state index in [2.05, 4.69) is 26.1 Å². The van der Waals surface area contributed by atoms with Gasteiger partial charge in [-0.05, 0) is 33.6 Å². The van der Waals surface area contributed by atoms with Crippen LogP contribution in [-0.2, 0) is 9.47 Å². The van der Waals surface area contributed by atoms with Crippen LogP contribution >= 0.6 is 0 Å². The molecule has 14 heavy (non-hydrogen) atoms. The molecular weight excluding hydrogens is 178 g/mol. The van der Waals surface area contributed by atoms with Crippen molar-refractivity contribution in [3.63, 3.8) is 0 Å². The maximum atomic E-state index is 5.83. The van der Waals surface area contributed by atoms with E-state index < -0.39 is 0 Å². The van der Waals surface area contributed by atoms with E-state index in [1.807, 2.05) is 0 Å². The van der Waals surface area contributed by atoms with Gasteiger partial charge in [0.2, 0.25) is 0 Å². The van der Waals surface area contributed by atoms with Gasteiger partial charge in [0.05, 0.1) is 12.7 Å². The molecule has 2 aliphatic rings. The molecule has 2 aliphatic heterocycles. The number of nitrogens with one attached hydrogen (secondary N) is 1. The summed E-state index contributed by atoms with van der Waals surface area (Å²) in [7, 11) is 0. The molecule has 2 rings (SSSR count). The van der Waals surface area contributed by atoms with Crippen LogP contribution in [0, 0.1) is 0 Å². The van der Waals surface area contributed by atoms with Gasteiger partial charge < -0.3 is 9.47 Å². The molecule has 0 radical (unpaired) electrons. The molecule has 2 saturated heterocycles. The Labute approximate surface area is 86.2 Å². The van der Waals surface area contributed by atoms with Crippen molar-refractivity contribution in [3.05, 3.63) is 0 Å². The average Bonchev–Trinajstić information content (AvgIpc) is 2.60. The highest BCUT2D eigenvalue weighted by Crippen LogP contribution is 2.30. The first kappa shape index (κ1) is 10.4. The molecule has 2 heterocycles. The fraction of sp³-hybridized carbons (Fsp3) is 1.00. The van der Waals surface area contributed by atoms with E-state index in [4.69, 9.17) is 9.47 Å². The molecule has 0 saturated carbocycles. The minimum atomic E-state index is -0.182. The van der Waals surface area contributed by atoms with Gasteiger partial charge in [-0.3, -0.25) is 5.32 Å². The average molecular weight is 199 g/mol. The standard InChI is InChI=1S/C11H21NO2/c1-10(2)8-14-11(3,12-10)7-9-5-4-6-13-9/h9,12H,4-8H2,1-3H3. The van der Waals surface area contributed by atoms with E-state index in [1.165, 1.54) is 12.8 Å². The molecule has 0 bridgehead atoms. The van der Waals surface area contributed by atoms with Crippen LogP contribution in [0.4, 0.5) is 0 Å². The van der Waals surface area contributed by atoms with Crippen molar-refractivity contribution in [2.45, 2.75) is 57.4 Å². The maximum Gasteiger partial charge on any atom is 0.119 e.